The molecule has 0 aliphatic heterocycles. The maximum absolute atomic E-state index is 4.26. The highest BCUT2D eigenvalue weighted by atomic mass is 15.0. The molecule has 0 fully saturated rings. The summed E-state index contributed by atoms with van der Waals surface area (Å²) in [4.78, 5) is 8.51. The third kappa shape index (κ3) is 6.30. The van der Waals surface area contributed by atoms with Crippen LogP contribution in [0.1, 0.15) is 48.0 Å². The summed E-state index contributed by atoms with van der Waals surface area (Å²) in [6.07, 6.45) is 1.08. The van der Waals surface area contributed by atoms with Gasteiger partial charge in [-0.25, -0.2) is 0 Å². The van der Waals surface area contributed by atoms with Gasteiger partial charge in [-0.05, 0) is 61.1 Å². The molecule has 19 heavy (non-hydrogen) atoms. The van der Waals surface area contributed by atoms with Crippen molar-refractivity contribution in [2.45, 2.75) is 59.0 Å². The molecule has 0 amide bonds. The second kappa shape index (κ2) is 7.75. The second-order valence-electron chi connectivity index (χ2n) is 6.08. The van der Waals surface area contributed by atoms with Crippen molar-refractivity contribution in [3.63, 3.8) is 0 Å². The van der Waals surface area contributed by atoms with Gasteiger partial charge >= 0.3 is 0 Å². The second-order valence-corrected chi connectivity index (χ2v) is 6.08. The zero-order valence-corrected chi connectivity index (χ0v) is 14.0. The van der Waals surface area contributed by atoms with E-state index < -0.39 is 0 Å². The summed E-state index contributed by atoms with van der Waals surface area (Å²) in [7, 11) is 3.69. The van der Waals surface area contributed by atoms with E-state index in [-0.39, 0.29) is 11.1 Å². The normalized spacial score (nSPS) is 14.9. The molecule has 0 aliphatic rings. The van der Waals surface area contributed by atoms with Crippen LogP contribution in [0.5, 0.6) is 0 Å². The first kappa shape index (κ1) is 18.3. The van der Waals surface area contributed by atoms with E-state index in [1.807, 2.05) is 14.1 Å². The summed E-state index contributed by atoms with van der Waals surface area (Å²) in [5.74, 6) is 0. The van der Waals surface area contributed by atoms with Crippen molar-refractivity contribution in [2.24, 2.45) is 9.98 Å². The van der Waals surface area contributed by atoms with Gasteiger partial charge in [-0.2, -0.15) is 0 Å². The molecule has 2 N–H and O–H groups in total. The quantitative estimate of drug-likeness (QED) is 0.524. The molecule has 0 saturated heterocycles. The van der Waals surface area contributed by atoms with Gasteiger partial charge in [-0.15, -0.1) is 0 Å². The molecular weight excluding hydrogens is 236 g/mol. The van der Waals surface area contributed by atoms with Gasteiger partial charge in [0.2, 0.25) is 0 Å². The summed E-state index contributed by atoms with van der Waals surface area (Å²) in [6, 6.07) is 0. The first-order valence-corrected chi connectivity index (χ1v) is 7.05. The van der Waals surface area contributed by atoms with Crippen LogP contribution in [0.15, 0.2) is 9.98 Å². The lowest BCUT2D eigenvalue weighted by molar-refractivity contribution is 0.454. The molecule has 0 heterocycles. The minimum absolute atomic E-state index is 0.0228. The van der Waals surface area contributed by atoms with Crippen molar-refractivity contribution in [1.29, 1.82) is 0 Å². The van der Waals surface area contributed by atoms with Crippen LogP contribution in [-0.4, -0.2) is 49.7 Å². The molecule has 0 spiro atoms. The van der Waals surface area contributed by atoms with Crippen molar-refractivity contribution in [1.82, 2.24) is 10.6 Å². The van der Waals surface area contributed by atoms with Gasteiger partial charge in [0.15, 0.2) is 0 Å². The van der Waals surface area contributed by atoms with Crippen molar-refractivity contribution < 1.29 is 0 Å². The average molecular weight is 268 g/mol. The van der Waals surface area contributed by atoms with Crippen LogP contribution in [0.3, 0.4) is 0 Å². The van der Waals surface area contributed by atoms with E-state index in [9.17, 15) is 0 Å². The Hall–Kier alpha value is -0.740. The molecule has 0 aromatic rings. The number of hydrogen-bond acceptors (Lipinski definition) is 4. The summed E-state index contributed by atoms with van der Waals surface area (Å²) in [5, 5.41) is 7.08. The molecule has 0 aromatic carbocycles. The van der Waals surface area contributed by atoms with Gasteiger partial charge < -0.3 is 10.6 Å². The molecule has 0 aliphatic carbocycles. The SMILES string of the molecule is CN=C(C)C(C)(C)NCCCNC(C)(C)C(C)=NC. The molecule has 0 bridgehead atoms. The van der Waals surface area contributed by atoms with Crippen molar-refractivity contribution in [3.8, 4) is 0 Å². The van der Waals surface area contributed by atoms with Gasteiger partial charge in [-0.1, -0.05) is 0 Å². The average Bonchev–Trinajstić information content (AvgIpc) is 2.35. The Bertz CT molecular complexity index is 295. The Morgan fingerprint density at radius 1 is 0.789 bits per heavy atom. The molecule has 112 valence electrons. The van der Waals surface area contributed by atoms with E-state index in [2.05, 4.69) is 62.2 Å². The van der Waals surface area contributed by atoms with E-state index in [0.29, 0.717) is 0 Å². The fourth-order valence-corrected chi connectivity index (χ4v) is 1.71. The monoisotopic (exact) mass is 268 g/mol. The summed E-state index contributed by atoms with van der Waals surface area (Å²) >= 11 is 0. The van der Waals surface area contributed by atoms with Gasteiger partial charge in [0.25, 0.3) is 0 Å². The first-order chi connectivity index (χ1) is 8.67. The lowest BCUT2D eigenvalue weighted by Gasteiger charge is -2.28. The fourth-order valence-electron chi connectivity index (χ4n) is 1.71. The minimum Gasteiger partial charge on any atom is -0.307 e. The topological polar surface area (TPSA) is 48.8 Å². The third-order valence-electron chi connectivity index (χ3n) is 3.97. The van der Waals surface area contributed by atoms with Crippen LogP contribution in [0, 0.1) is 0 Å². The highest BCUT2D eigenvalue weighted by molar-refractivity contribution is 5.91. The number of nitrogens with zero attached hydrogens (tertiary/aromatic N) is 2. The molecule has 0 atom stereocenters. The highest BCUT2D eigenvalue weighted by Gasteiger charge is 2.21. The highest BCUT2D eigenvalue weighted by Crippen LogP contribution is 2.06. The number of rotatable bonds is 8. The molecular formula is C15H32N4. The molecule has 0 unspecified atom stereocenters. The Balaban J connectivity index is 4.02. The summed E-state index contributed by atoms with van der Waals surface area (Å²) < 4.78 is 0. The van der Waals surface area contributed by atoms with Gasteiger partial charge in [0.1, 0.15) is 0 Å². The first-order valence-electron chi connectivity index (χ1n) is 7.05. The zero-order chi connectivity index (χ0) is 15.1. The number of aliphatic imine (C=N–C) groups is 2. The molecule has 4 heteroatoms. The Morgan fingerprint density at radius 3 is 1.37 bits per heavy atom. The lowest BCUT2D eigenvalue weighted by atomic mass is 9.98. The van der Waals surface area contributed by atoms with E-state index in [4.69, 9.17) is 0 Å². The molecule has 0 radical (unpaired) electrons. The van der Waals surface area contributed by atoms with E-state index in [0.717, 1.165) is 30.9 Å². The smallest absolute Gasteiger partial charge is 0.0504 e. The number of hydrogen-bond donors (Lipinski definition) is 2. The van der Waals surface area contributed by atoms with Crippen molar-refractivity contribution in [3.05, 3.63) is 0 Å². The molecule has 0 saturated carbocycles. The third-order valence-corrected chi connectivity index (χ3v) is 3.97. The predicted molar refractivity (Wildman–Crippen MR) is 86.8 cm³/mol. The van der Waals surface area contributed by atoms with E-state index in [1.165, 1.54) is 0 Å². The Morgan fingerprint density at radius 2 is 1.11 bits per heavy atom. The molecule has 4 nitrogen and oxygen atoms in total. The maximum atomic E-state index is 4.26. The minimum atomic E-state index is -0.0228. The van der Waals surface area contributed by atoms with Crippen molar-refractivity contribution >= 4 is 11.4 Å². The van der Waals surface area contributed by atoms with Crippen LogP contribution < -0.4 is 10.6 Å². The van der Waals surface area contributed by atoms with Gasteiger partial charge in [0, 0.05) is 25.5 Å². The largest absolute Gasteiger partial charge is 0.307 e. The Labute approximate surface area is 119 Å². The maximum Gasteiger partial charge on any atom is 0.0504 e. The standard InChI is InChI=1S/C15H32N4/c1-12(16-7)14(3,4)18-10-9-11-19-15(5,6)13(2)17-8/h18-19H,9-11H2,1-8H3. The van der Waals surface area contributed by atoms with Gasteiger partial charge in [-0.3, -0.25) is 9.98 Å². The van der Waals surface area contributed by atoms with Crippen LogP contribution in [0.2, 0.25) is 0 Å². The van der Waals surface area contributed by atoms with Crippen LogP contribution in [-0.2, 0) is 0 Å². The van der Waals surface area contributed by atoms with Gasteiger partial charge in [0.05, 0.1) is 11.1 Å². The van der Waals surface area contributed by atoms with E-state index in [1.54, 1.807) is 0 Å². The summed E-state index contributed by atoms with van der Waals surface area (Å²) in [6.45, 7) is 14.8. The van der Waals surface area contributed by atoms with Crippen LogP contribution >= 0.6 is 0 Å². The zero-order valence-electron chi connectivity index (χ0n) is 14.0. The summed E-state index contributed by atoms with van der Waals surface area (Å²) in [5.41, 5.74) is 2.22. The van der Waals surface area contributed by atoms with E-state index >= 15 is 0 Å². The van der Waals surface area contributed by atoms with Crippen LogP contribution in [0.4, 0.5) is 0 Å². The predicted octanol–water partition coefficient (Wildman–Crippen LogP) is 2.29. The van der Waals surface area contributed by atoms with Crippen LogP contribution in [0.25, 0.3) is 0 Å². The fraction of sp³-hybridized carbons (Fsp3) is 0.867. The lowest BCUT2D eigenvalue weighted by Crippen LogP contribution is -2.48. The van der Waals surface area contributed by atoms with Crippen molar-refractivity contribution in [2.75, 3.05) is 27.2 Å². The molecule has 0 aromatic heterocycles. The number of nitrogens with one attached hydrogen (secondary N) is 2. The Kier molecular flexibility index (Phi) is 7.45. The molecule has 0 rings (SSSR count).